The van der Waals surface area contributed by atoms with E-state index in [4.69, 9.17) is 14.2 Å². The number of hydrogen-bond donors (Lipinski definition) is 0. The molecule has 0 amide bonds. The van der Waals surface area contributed by atoms with Gasteiger partial charge in [0, 0.05) is 58.0 Å². The Bertz CT molecular complexity index is 3510. The molecular weight excluding hydrogens is 900 g/mol. The summed E-state index contributed by atoms with van der Waals surface area (Å²) < 4.78 is 72.7. The number of halogens is 3. The van der Waals surface area contributed by atoms with E-state index < -0.39 is 21.4 Å². The van der Waals surface area contributed by atoms with Crippen molar-refractivity contribution in [1.29, 1.82) is 0 Å². The van der Waals surface area contributed by atoms with Crippen LogP contribution in [-0.2, 0) is 10.1 Å². The predicted octanol–water partition coefficient (Wildman–Crippen LogP) is 15.7. The summed E-state index contributed by atoms with van der Waals surface area (Å²) in [5, 5.41) is 0. The van der Waals surface area contributed by atoms with Gasteiger partial charge in [-0.3, -0.25) is 15.0 Å². The summed E-state index contributed by atoms with van der Waals surface area (Å²) in [5.74, 6) is -0.519. The van der Waals surface area contributed by atoms with Crippen molar-refractivity contribution in [3.8, 4) is 106 Å². The van der Waals surface area contributed by atoms with Gasteiger partial charge >= 0.3 is 15.6 Å². The molecular formula is C60H42F3N3O3S. The first-order valence-electron chi connectivity index (χ1n) is 22.5. The molecule has 0 saturated carbocycles. The maximum absolute atomic E-state index is 14.1. The monoisotopic (exact) mass is 941 g/mol. The van der Waals surface area contributed by atoms with E-state index in [-0.39, 0.29) is 11.3 Å². The summed E-state index contributed by atoms with van der Waals surface area (Å²) in [4.78, 5) is 14.5. The van der Waals surface area contributed by atoms with E-state index >= 15 is 0 Å². The number of aromatic nitrogens is 3. The molecule has 3 heterocycles. The third kappa shape index (κ3) is 9.12. The van der Waals surface area contributed by atoms with Gasteiger partial charge in [-0.15, -0.1) is 0 Å². The second-order valence-electron chi connectivity index (χ2n) is 16.9. The lowest BCUT2D eigenvalue weighted by Crippen LogP contribution is -2.28. The average Bonchev–Trinajstić information content (AvgIpc) is 3.39. The predicted molar refractivity (Wildman–Crippen MR) is 274 cm³/mol. The van der Waals surface area contributed by atoms with Gasteiger partial charge in [-0.1, -0.05) is 164 Å². The Balaban J connectivity index is 1.18. The minimum absolute atomic E-state index is 0.0521. The molecule has 10 heteroatoms. The van der Waals surface area contributed by atoms with Crippen molar-refractivity contribution in [2.45, 2.75) is 19.4 Å². The Labute approximate surface area is 404 Å². The number of alkyl halides is 3. The molecule has 0 aliphatic rings. The van der Waals surface area contributed by atoms with E-state index in [0.717, 1.165) is 78.1 Å². The van der Waals surface area contributed by atoms with Crippen LogP contribution in [0.5, 0.6) is 5.75 Å². The summed E-state index contributed by atoms with van der Waals surface area (Å²) >= 11 is 0. The zero-order chi connectivity index (χ0) is 48.4. The van der Waals surface area contributed by atoms with Crippen LogP contribution >= 0.6 is 0 Å². The van der Waals surface area contributed by atoms with Gasteiger partial charge in [0.2, 0.25) is 0 Å². The molecule has 0 atom stereocenters. The van der Waals surface area contributed by atoms with Crippen LogP contribution in [0.25, 0.3) is 101 Å². The van der Waals surface area contributed by atoms with Crippen LogP contribution in [0.2, 0.25) is 0 Å². The van der Waals surface area contributed by atoms with E-state index in [1.807, 2.05) is 122 Å². The molecule has 0 N–H and O–H groups in total. The van der Waals surface area contributed by atoms with Gasteiger partial charge in [-0.2, -0.15) is 21.6 Å². The molecule has 342 valence electrons. The van der Waals surface area contributed by atoms with Gasteiger partial charge in [-0.25, -0.2) is 0 Å². The minimum atomic E-state index is -6.09. The molecule has 7 aromatic carbocycles. The lowest BCUT2D eigenvalue weighted by atomic mass is 9.85. The van der Waals surface area contributed by atoms with Crippen molar-refractivity contribution in [2.75, 3.05) is 0 Å². The smallest absolute Gasteiger partial charge is 0.375 e. The number of benzene rings is 7. The molecule has 70 heavy (non-hydrogen) atoms. The van der Waals surface area contributed by atoms with Crippen molar-refractivity contribution in [1.82, 2.24) is 15.0 Å². The van der Waals surface area contributed by atoms with Crippen molar-refractivity contribution in [2.24, 2.45) is 0 Å². The Kier molecular flexibility index (Phi) is 12.2. The molecule has 0 aliphatic carbocycles. The van der Waals surface area contributed by atoms with Crippen molar-refractivity contribution in [3.05, 3.63) is 230 Å². The van der Waals surface area contributed by atoms with Gasteiger partial charge in [0.1, 0.15) is 0 Å². The molecule has 0 aliphatic heterocycles. The molecule has 6 nitrogen and oxygen atoms in total. The maximum Gasteiger partial charge on any atom is 0.534 e. The number of pyridine rings is 3. The molecule has 0 spiro atoms. The fraction of sp³-hybridized carbons (Fsp3) is 0.0500. The Morgan fingerprint density at radius 3 is 1.00 bits per heavy atom. The maximum atomic E-state index is 14.1. The fourth-order valence-corrected chi connectivity index (χ4v) is 9.32. The molecule has 0 unspecified atom stereocenters. The third-order valence-electron chi connectivity index (χ3n) is 12.3. The highest BCUT2D eigenvalue weighted by atomic mass is 32.2. The SMILES string of the molecule is Cc1cc(-c2ccccc2)ncc1-c1ccccc1-c1cc(-c2ccccc2-c2cnc(-c3ccccc3)cc2C)cc(-c2ccccc2-c2cnc(-c3ccccc3)cc2OS(=O)(=O)C(F)(F)F)c1. The first kappa shape index (κ1) is 45.3. The van der Waals surface area contributed by atoms with Crippen molar-refractivity contribution < 1.29 is 25.8 Å². The first-order chi connectivity index (χ1) is 33.9. The Morgan fingerprint density at radius 2 is 0.657 bits per heavy atom. The largest absolute Gasteiger partial charge is 0.534 e. The van der Waals surface area contributed by atoms with Crippen molar-refractivity contribution >= 4 is 10.1 Å². The van der Waals surface area contributed by atoms with Gasteiger partial charge in [0.15, 0.2) is 5.75 Å². The Morgan fingerprint density at radius 1 is 0.357 bits per heavy atom. The molecule has 3 aromatic heterocycles. The average molecular weight is 942 g/mol. The van der Waals surface area contributed by atoms with Crippen LogP contribution < -0.4 is 4.18 Å². The molecule has 0 saturated heterocycles. The van der Waals surface area contributed by atoms with Crippen LogP contribution in [0.3, 0.4) is 0 Å². The van der Waals surface area contributed by atoms with Gasteiger partial charge in [0.25, 0.3) is 0 Å². The summed E-state index contributed by atoms with van der Waals surface area (Å²) in [6, 6.07) is 63.8. The molecule has 10 rings (SSSR count). The van der Waals surface area contributed by atoms with E-state index in [0.29, 0.717) is 22.3 Å². The third-order valence-corrected chi connectivity index (χ3v) is 13.3. The minimum Gasteiger partial charge on any atom is -0.375 e. The molecule has 0 fully saturated rings. The first-order valence-corrected chi connectivity index (χ1v) is 23.9. The van der Waals surface area contributed by atoms with Crippen LogP contribution in [0, 0.1) is 13.8 Å². The van der Waals surface area contributed by atoms with Gasteiger partial charge in [0.05, 0.1) is 17.1 Å². The summed E-state index contributed by atoms with van der Waals surface area (Å²) in [7, 11) is -6.09. The van der Waals surface area contributed by atoms with E-state index in [2.05, 4.69) is 61.3 Å². The fourth-order valence-electron chi connectivity index (χ4n) is 8.85. The van der Waals surface area contributed by atoms with Gasteiger partial charge in [-0.05, 0) is 105 Å². The lowest BCUT2D eigenvalue weighted by Gasteiger charge is -2.19. The van der Waals surface area contributed by atoms with E-state index in [1.165, 1.54) is 12.3 Å². The second-order valence-corrected chi connectivity index (χ2v) is 18.4. The van der Waals surface area contributed by atoms with Crippen LogP contribution in [0.15, 0.2) is 219 Å². The zero-order valence-corrected chi connectivity index (χ0v) is 38.7. The summed E-state index contributed by atoms with van der Waals surface area (Å²) in [5.41, 5.74) is 9.96. The lowest BCUT2D eigenvalue weighted by molar-refractivity contribution is -0.0499. The van der Waals surface area contributed by atoms with Crippen molar-refractivity contribution in [3.63, 3.8) is 0 Å². The van der Waals surface area contributed by atoms with Crippen LogP contribution in [-0.4, -0.2) is 28.9 Å². The van der Waals surface area contributed by atoms with Crippen LogP contribution in [0.1, 0.15) is 11.1 Å². The zero-order valence-electron chi connectivity index (χ0n) is 37.9. The number of nitrogens with zero attached hydrogens (tertiary/aromatic N) is 3. The number of hydrogen-bond acceptors (Lipinski definition) is 6. The highest BCUT2D eigenvalue weighted by Crippen LogP contribution is 2.45. The second kappa shape index (κ2) is 18.9. The van der Waals surface area contributed by atoms with Crippen LogP contribution in [0.4, 0.5) is 13.2 Å². The Hall–Kier alpha value is -8.47. The summed E-state index contributed by atoms with van der Waals surface area (Å²) in [6.45, 7) is 4.15. The molecule has 10 aromatic rings. The molecule has 0 radical (unpaired) electrons. The highest BCUT2D eigenvalue weighted by Gasteiger charge is 2.49. The van der Waals surface area contributed by atoms with E-state index in [9.17, 15) is 21.6 Å². The molecule has 0 bridgehead atoms. The van der Waals surface area contributed by atoms with E-state index in [1.54, 1.807) is 42.5 Å². The number of aryl methyl sites for hydroxylation is 2. The standard InChI is InChI=1S/C60H42F3N3O3S/c1-39-30-56(41-18-6-3-7-19-41)64-36-53(39)50-27-15-12-24-47(50)44-32-45(48-25-13-16-28-51(48)54-37-65-57(31-40(54)2)42-20-8-4-9-21-42)34-46(33-44)49-26-14-17-29-52(49)55-38-66-58(43-22-10-5-11-23-43)35-59(55)69-70(67,68)60(61,62)63/h3-38H,1-2H3. The topological polar surface area (TPSA) is 82.0 Å². The highest BCUT2D eigenvalue weighted by molar-refractivity contribution is 7.88. The normalized spacial score (nSPS) is 11.6. The summed E-state index contributed by atoms with van der Waals surface area (Å²) in [6.07, 6.45) is 5.17. The number of rotatable bonds is 11. The quantitative estimate of drug-likeness (QED) is 0.0949. The van der Waals surface area contributed by atoms with Gasteiger partial charge < -0.3 is 4.18 Å².